The third-order valence-electron chi connectivity index (χ3n) is 3.06. The van der Waals surface area contributed by atoms with Gasteiger partial charge in [0.25, 0.3) is 5.69 Å². The maximum atomic E-state index is 13.1. The predicted molar refractivity (Wildman–Crippen MR) is 72.0 cm³/mol. The summed E-state index contributed by atoms with van der Waals surface area (Å²) in [6.07, 6.45) is -4.88. The molecule has 0 aromatic heterocycles. The molecule has 1 amide bonds. The zero-order valence-corrected chi connectivity index (χ0v) is 11.2. The fourth-order valence-corrected chi connectivity index (χ4v) is 2.07. The second kappa shape index (κ2) is 5.67. The zero-order valence-electron chi connectivity index (χ0n) is 11.2. The number of carbonyl (C=O) groups excluding carboxylic acids is 1. The lowest BCUT2D eigenvalue weighted by molar-refractivity contribution is -0.384. The summed E-state index contributed by atoms with van der Waals surface area (Å²) < 4.78 is 52.3. The molecule has 2 N–H and O–H groups in total. The standard InChI is InChI=1S/C14H8F4N2O3/c15-7-1-3-10(12(5-7)14(16,17)18)9-4-2-8(20(22)23)6-11(9)13(19)21/h1-6H,(H2,19,21). The van der Waals surface area contributed by atoms with E-state index in [1.54, 1.807) is 0 Å². The molecule has 0 saturated heterocycles. The van der Waals surface area contributed by atoms with E-state index < -0.39 is 45.2 Å². The number of alkyl halides is 3. The minimum absolute atomic E-state index is 0.268. The minimum Gasteiger partial charge on any atom is -0.366 e. The van der Waals surface area contributed by atoms with Crippen LogP contribution < -0.4 is 5.73 Å². The number of benzene rings is 2. The highest BCUT2D eigenvalue weighted by Crippen LogP contribution is 2.39. The van der Waals surface area contributed by atoms with Gasteiger partial charge in [0, 0.05) is 12.1 Å². The van der Waals surface area contributed by atoms with Gasteiger partial charge in [0.15, 0.2) is 0 Å². The highest BCUT2D eigenvalue weighted by molar-refractivity contribution is 6.01. The second-order valence-electron chi connectivity index (χ2n) is 4.54. The summed E-state index contributed by atoms with van der Waals surface area (Å²) in [5.74, 6) is -2.25. The van der Waals surface area contributed by atoms with Crippen molar-refractivity contribution in [2.45, 2.75) is 6.18 Å². The van der Waals surface area contributed by atoms with Gasteiger partial charge in [0.2, 0.25) is 5.91 Å². The van der Waals surface area contributed by atoms with Crippen LogP contribution in [0.15, 0.2) is 36.4 Å². The molecule has 0 aliphatic heterocycles. The zero-order chi connectivity index (χ0) is 17.4. The molecular weight excluding hydrogens is 320 g/mol. The van der Waals surface area contributed by atoms with Crippen molar-refractivity contribution in [3.63, 3.8) is 0 Å². The number of rotatable bonds is 3. The molecule has 0 atom stereocenters. The SMILES string of the molecule is NC(=O)c1cc([N+](=O)[O-])ccc1-c1ccc(F)cc1C(F)(F)F. The summed E-state index contributed by atoms with van der Waals surface area (Å²) in [5.41, 5.74) is 2.05. The number of primary amides is 1. The lowest BCUT2D eigenvalue weighted by Crippen LogP contribution is -2.14. The van der Waals surface area contributed by atoms with Crippen molar-refractivity contribution < 1.29 is 27.3 Å². The molecule has 2 aromatic rings. The quantitative estimate of drug-likeness (QED) is 0.531. The van der Waals surface area contributed by atoms with E-state index in [1.165, 1.54) is 0 Å². The molecule has 0 aliphatic rings. The van der Waals surface area contributed by atoms with E-state index in [0.29, 0.717) is 0 Å². The van der Waals surface area contributed by atoms with Crippen LogP contribution in [0.2, 0.25) is 0 Å². The van der Waals surface area contributed by atoms with Crippen LogP contribution >= 0.6 is 0 Å². The smallest absolute Gasteiger partial charge is 0.366 e. The lowest BCUT2D eigenvalue weighted by atomic mass is 9.94. The Bertz CT molecular complexity index is 803. The van der Waals surface area contributed by atoms with Crippen LogP contribution in [0.4, 0.5) is 23.2 Å². The van der Waals surface area contributed by atoms with Gasteiger partial charge < -0.3 is 5.73 Å². The number of nitro groups is 1. The van der Waals surface area contributed by atoms with Crippen molar-refractivity contribution in [3.8, 4) is 11.1 Å². The number of nitrogens with zero attached hydrogens (tertiary/aromatic N) is 1. The van der Waals surface area contributed by atoms with Gasteiger partial charge in [-0.25, -0.2) is 4.39 Å². The third kappa shape index (κ3) is 3.28. The Kier molecular flexibility index (Phi) is 4.04. The van der Waals surface area contributed by atoms with Crippen LogP contribution in [0, 0.1) is 15.9 Å². The van der Waals surface area contributed by atoms with Gasteiger partial charge in [-0.3, -0.25) is 14.9 Å². The van der Waals surface area contributed by atoms with E-state index in [-0.39, 0.29) is 11.6 Å². The van der Waals surface area contributed by atoms with Gasteiger partial charge in [-0.05, 0) is 29.3 Å². The maximum Gasteiger partial charge on any atom is 0.417 e. The molecule has 9 heteroatoms. The molecule has 0 radical (unpaired) electrons. The monoisotopic (exact) mass is 328 g/mol. The lowest BCUT2D eigenvalue weighted by Gasteiger charge is -2.15. The summed E-state index contributed by atoms with van der Waals surface area (Å²) in [5, 5.41) is 10.7. The average molecular weight is 328 g/mol. The highest BCUT2D eigenvalue weighted by atomic mass is 19.4. The molecule has 0 unspecified atom stereocenters. The molecule has 2 aromatic carbocycles. The first-order valence-electron chi connectivity index (χ1n) is 6.06. The molecule has 0 bridgehead atoms. The Labute approximate surface area is 126 Å². The molecule has 2 rings (SSSR count). The molecule has 5 nitrogen and oxygen atoms in total. The van der Waals surface area contributed by atoms with E-state index in [2.05, 4.69) is 0 Å². The first kappa shape index (κ1) is 16.4. The number of non-ortho nitro benzene ring substituents is 1. The third-order valence-corrected chi connectivity index (χ3v) is 3.06. The van der Waals surface area contributed by atoms with Gasteiger partial charge in [-0.1, -0.05) is 6.07 Å². The average Bonchev–Trinajstić information content (AvgIpc) is 2.45. The first-order valence-corrected chi connectivity index (χ1v) is 6.06. The Hall–Kier alpha value is -2.97. The molecule has 0 saturated carbocycles. The van der Waals surface area contributed by atoms with E-state index in [4.69, 9.17) is 5.73 Å². The highest BCUT2D eigenvalue weighted by Gasteiger charge is 2.35. The Morgan fingerprint density at radius 2 is 1.70 bits per heavy atom. The summed E-state index contributed by atoms with van der Waals surface area (Å²) in [4.78, 5) is 21.3. The second-order valence-corrected chi connectivity index (χ2v) is 4.54. The van der Waals surface area contributed by atoms with Crippen LogP contribution in [0.1, 0.15) is 15.9 Å². The molecule has 120 valence electrons. The largest absolute Gasteiger partial charge is 0.417 e. The first-order chi connectivity index (χ1) is 10.6. The number of hydrogen-bond donors (Lipinski definition) is 1. The van der Waals surface area contributed by atoms with Gasteiger partial charge in [-0.2, -0.15) is 13.2 Å². The molecule has 0 heterocycles. The van der Waals surface area contributed by atoms with Crippen molar-refractivity contribution in [1.29, 1.82) is 0 Å². The Morgan fingerprint density at radius 3 is 2.22 bits per heavy atom. The molecule has 0 fully saturated rings. The fourth-order valence-electron chi connectivity index (χ4n) is 2.07. The summed E-state index contributed by atoms with van der Waals surface area (Å²) >= 11 is 0. The number of hydrogen-bond acceptors (Lipinski definition) is 3. The van der Waals surface area contributed by atoms with Crippen LogP contribution in [0.25, 0.3) is 11.1 Å². The fraction of sp³-hybridized carbons (Fsp3) is 0.0714. The number of halogens is 4. The number of nitro benzene ring substituents is 1. The van der Waals surface area contributed by atoms with Crippen LogP contribution in [-0.2, 0) is 6.18 Å². The van der Waals surface area contributed by atoms with Gasteiger partial charge in [0.1, 0.15) is 5.82 Å². The molecule has 0 aliphatic carbocycles. The topological polar surface area (TPSA) is 86.2 Å². The molecular formula is C14H8F4N2O3. The van der Waals surface area contributed by atoms with Gasteiger partial charge >= 0.3 is 6.18 Å². The summed E-state index contributed by atoms with van der Waals surface area (Å²) in [6.45, 7) is 0. The van der Waals surface area contributed by atoms with E-state index in [0.717, 1.165) is 30.3 Å². The Morgan fingerprint density at radius 1 is 1.09 bits per heavy atom. The normalized spacial score (nSPS) is 11.3. The molecule has 23 heavy (non-hydrogen) atoms. The minimum atomic E-state index is -4.88. The van der Waals surface area contributed by atoms with Crippen molar-refractivity contribution in [3.05, 3.63) is 63.5 Å². The summed E-state index contributed by atoms with van der Waals surface area (Å²) in [7, 11) is 0. The van der Waals surface area contributed by atoms with Crippen molar-refractivity contribution in [1.82, 2.24) is 0 Å². The van der Waals surface area contributed by atoms with Crippen molar-refractivity contribution >= 4 is 11.6 Å². The van der Waals surface area contributed by atoms with Crippen molar-refractivity contribution in [2.75, 3.05) is 0 Å². The van der Waals surface area contributed by atoms with Crippen LogP contribution in [0.3, 0.4) is 0 Å². The van der Waals surface area contributed by atoms with E-state index in [9.17, 15) is 32.5 Å². The van der Waals surface area contributed by atoms with E-state index >= 15 is 0 Å². The maximum absolute atomic E-state index is 13.1. The van der Waals surface area contributed by atoms with Gasteiger partial charge in [0.05, 0.1) is 16.1 Å². The number of carbonyl (C=O) groups is 1. The van der Waals surface area contributed by atoms with Gasteiger partial charge in [-0.15, -0.1) is 0 Å². The number of nitrogens with two attached hydrogens (primary N) is 1. The van der Waals surface area contributed by atoms with E-state index in [1.807, 2.05) is 0 Å². The van der Waals surface area contributed by atoms with Crippen LogP contribution in [-0.4, -0.2) is 10.8 Å². The Balaban J connectivity index is 2.77. The van der Waals surface area contributed by atoms with Crippen molar-refractivity contribution in [2.24, 2.45) is 5.73 Å². The molecule has 0 spiro atoms. The van der Waals surface area contributed by atoms with Crippen LogP contribution in [0.5, 0.6) is 0 Å². The predicted octanol–water partition coefficient (Wildman–Crippen LogP) is 3.52. The number of amides is 1. The summed E-state index contributed by atoms with van der Waals surface area (Å²) in [6, 6.07) is 4.59.